The smallest absolute Gasteiger partial charge is 0.387 e. The minimum atomic E-state index is -2.78. The van der Waals surface area contributed by atoms with E-state index in [-0.39, 0.29) is 5.75 Å². The molecule has 1 aliphatic carbocycles. The first kappa shape index (κ1) is 13.1. The fourth-order valence-electron chi connectivity index (χ4n) is 2.52. The molecule has 100 valence electrons. The summed E-state index contributed by atoms with van der Waals surface area (Å²) in [5.74, 6) is 0.795. The SMILES string of the molecule is CC1CCCCC1Nc1ccccc1OC(F)F. The number of halogens is 2. The van der Waals surface area contributed by atoms with E-state index in [0.717, 1.165) is 6.42 Å². The second-order valence-corrected chi connectivity index (χ2v) is 4.89. The van der Waals surface area contributed by atoms with Crippen molar-refractivity contribution in [3.63, 3.8) is 0 Å². The van der Waals surface area contributed by atoms with E-state index in [1.54, 1.807) is 18.2 Å². The third kappa shape index (κ3) is 3.34. The molecule has 2 nitrogen and oxygen atoms in total. The Morgan fingerprint density at radius 1 is 1.22 bits per heavy atom. The first-order valence-electron chi connectivity index (χ1n) is 6.47. The summed E-state index contributed by atoms with van der Waals surface area (Å²) in [6.07, 6.45) is 4.73. The van der Waals surface area contributed by atoms with Crippen LogP contribution < -0.4 is 10.1 Å². The lowest BCUT2D eigenvalue weighted by atomic mass is 9.86. The molecule has 2 rings (SSSR count). The van der Waals surface area contributed by atoms with Gasteiger partial charge in [0.25, 0.3) is 0 Å². The van der Waals surface area contributed by atoms with Crippen molar-refractivity contribution in [3.8, 4) is 5.75 Å². The molecule has 1 fully saturated rings. The summed E-state index contributed by atoms with van der Waals surface area (Å²) in [7, 11) is 0. The van der Waals surface area contributed by atoms with Gasteiger partial charge < -0.3 is 10.1 Å². The molecule has 0 spiro atoms. The fourth-order valence-corrected chi connectivity index (χ4v) is 2.52. The van der Waals surface area contributed by atoms with Gasteiger partial charge in [-0.15, -0.1) is 0 Å². The van der Waals surface area contributed by atoms with E-state index in [1.165, 1.54) is 19.3 Å². The first-order valence-corrected chi connectivity index (χ1v) is 6.47. The zero-order valence-electron chi connectivity index (χ0n) is 10.5. The molecule has 0 amide bonds. The molecule has 1 aromatic rings. The molecule has 18 heavy (non-hydrogen) atoms. The molecule has 1 saturated carbocycles. The average molecular weight is 255 g/mol. The van der Waals surface area contributed by atoms with Crippen molar-refractivity contribution in [2.75, 3.05) is 5.32 Å². The molecular formula is C14H19F2NO. The van der Waals surface area contributed by atoms with Crippen LogP contribution in [0.1, 0.15) is 32.6 Å². The van der Waals surface area contributed by atoms with E-state index < -0.39 is 6.61 Å². The van der Waals surface area contributed by atoms with Gasteiger partial charge in [0.15, 0.2) is 0 Å². The molecule has 0 aromatic heterocycles. The molecule has 2 unspecified atom stereocenters. The van der Waals surface area contributed by atoms with Crippen molar-refractivity contribution in [2.45, 2.75) is 45.3 Å². The molecular weight excluding hydrogens is 236 g/mol. The highest BCUT2D eigenvalue weighted by molar-refractivity contribution is 5.56. The number of alkyl halides is 2. The van der Waals surface area contributed by atoms with Gasteiger partial charge in [0.05, 0.1) is 5.69 Å². The second-order valence-electron chi connectivity index (χ2n) is 4.89. The van der Waals surface area contributed by atoms with Crippen LogP contribution in [0.15, 0.2) is 24.3 Å². The summed E-state index contributed by atoms with van der Waals surface area (Å²) in [5, 5.41) is 3.35. The second kappa shape index (κ2) is 6.03. The molecule has 4 heteroatoms. The van der Waals surface area contributed by atoms with Crippen molar-refractivity contribution in [2.24, 2.45) is 5.92 Å². The monoisotopic (exact) mass is 255 g/mol. The molecule has 0 heterocycles. The Labute approximate surface area is 106 Å². The summed E-state index contributed by atoms with van der Waals surface area (Å²) < 4.78 is 29.1. The third-order valence-electron chi connectivity index (χ3n) is 3.56. The number of anilines is 1. The van der Waals surface area contributed by atoms with E-state index in [9.17, 15) is 8.78 Å². The minimum absolute atomic E-state index is 0.227. The summed E-state index contributed by atoms with van der Waals surface area (Å²) >= 11 is 0. The van der Waals surface area contributed by atoms with Crippen LogP contribution in [0.5, 0.6) is 5.75 Å². The Kier molecular flexibility index (Phi) is 4.39. The van der Waals surface area contributed by atoms with Gasteiger partial charge in [0, 0.05) is 6.04 Å². The van der Waals surface area contributed by atoms with Crippen molar-refractivity contribution in [1.29, 1.82) is 0 Å². The molecule has 1 aromatic carbocycles. The van der Waals surface area contributed by atoms with Gasteiger partial charge in [-0.25, -0.2) is 0 Å². The standard InChI is InChI=1S/C14H19F2NO/c1-10-6-2-3-7-11(10)17-12-8-4-5-9-13(12)18-14(15)16/h4-5,8-11,14,17H,2-3,6-7H2,1H3. The van der Waals surface area contributed by atoms with Gasteiger partial charge in [0.2, 0.25) is 0 Å². The summed E-state index contributed by atoms with van der Waals surface area (Å²) in [6.45, 7) is -0.579. The van der Waals surface area contributed by atoms with Gasteiger partial charge in [0.1, 0.15) is 5.75 Å². The van der Waals surface area contributed by atoms with E-state index in [2.05, 4.69) is 17.0 Å². The van der Waals surface area contributed by atoms with Crippen molar-refractivity contribution in [3.05, 3.63) is 24.3 Å². The number of hydrogen-bond acceptors (Lipinski definition) is 2. The average Bonchev–Trinajstić information content (AvgIpc) is 2.34. The molecule has 0 aliphatic heterocycles. The molecule has 0 radical (unpaired) electrons. The molecule has 2 atom stereocenters. The zero-order chi connectivity index (χ0) is 13.0. The van der Waals surface area contributed by atoms with Crippen LogP contribution in [0, 0.1) is 5.92 Å². The number of rotatable bonds is 4. The summed E-state index contributed by atoms with van der Waals surface area (Å²) in [4.78, 5) is 0. The first-order chi connectivity index (χ1) is 8.66. The Hall–Kier alpha value is -1.32. The number of nitrogens with one attached hydrogen (secondary N) is 1. The van der Waals surface area contributed by atoms with Crippen LogP contribution in [0.25, 0.3) is 0 Å². The molecule has 0 saturated heterocycles. The maximum Gasteiger partial charge on any atom is 0.387 e. The van der Waals surface area contributed by atoms with Gasteiger partial charge in [-0.2, -0.15) is 8.78 Å². The number of para-hydroxylation sites is 2. The Morgan fingerprint density at radius 2 is 1.94 bits per heavy atom. The number of hydrogen-bond donors (Lipinski definition) is 1. The van der Waals surface area contributed by atoms with Gasteiger partial charge in [-0.3, -0.25) is 0 Å². The quantitative estimate of drug-likeness (QED) is 0.867. The van der Waals surface area contributed by atoms with Crippen LogP contribution >= 0.6 is 0 Å². The zero-order valence-corrected chi connectivity index (χ0v) is 10.5. The summed E-state index contributed by atoms with van der Waals surface area (Å²) in [5.41, 5.74) is 0.663. The highest BCUT2D eigenvalue weighted by Gasteiger charge is 2.22. The maximum absolute atomic E-state index is 12.3. The fraction of sp³-hybridized carbons (Fsp3) is 0.571. The van der Waals surface area contributed by atoms with E-state index in [1.807, 2.05) is 6.07 Å². The van der Waals surface area contributed by atoms with Crippen LogP contribution in [0.2, 0.25) is 0 Å². The Balaban J connectivity index is 2.07. The van der Waals surface area contributed by atoms with Gasteiger partial charge >= 0.3 is 6.61 Å². The lowest BCUT2D eigenvalue weighted by Gasteiger charge is -2.30. The Bertz CT molecular complexity index is 384. The van der Waals surface area contributed by atoms with E-state index in [4.69, 9.17) is 0 Å². The predicted molar refractivity (Wildman–Crippen MR) is 68.1 cm³/mol. The van der Waals surface area contributed by atoms with E-state index >= 15 is 0 Å². The van der Waals surface area contributed by atoms with Crippen LogP contribution in [-0.4, -0.2) is 12.7 Å². The van der Waals surface area contributed by atoms with Crippen molar-refractivity contribution < 1.29 is 13.5 Å². The molecule has 0 bridgehead atoms. The normalized spacial score (nSPS) is 24.0. The molecule has 1 aliphatic rings. The van der Waals surface area contributed by atoms with E-state index in [0.29, 0.717) is 17.6 Å². The third-order valence-corrected chi connectivity index (χ3v) is 3.56. The Morgan fingerprint density at radius 3 is 2.67 bits per heavy atom. The highest BCUT2D eigenvalue weighted by atomic mass is 19.3. The lowest BCUT2D eigenvalue weighted by Crippen LogP contribution is -2.30. The van der Waals surface area contributed by atoms with Crippen LogP contribution in [0.3, 0.4) is 0 Å². The van der Waals surface area contributed by atoms with Crippen molar-refractivity contribution >= 4 is 5.69 Å². The summed E-state index contributed by atoms with van der Waals surface area (Å²) in [6, 6.07) is 7.24. The minimum Gasteiger partial charge on any atom is -0.433 e. The topological polar surface area (TPSA) is 21.3 Å². The largest absolute Gasteiger partial charge is 0.433 e. The van der Waals surface area contributed by atoms with Crippen LogP contribution in [-0.2, 0) is 0 Å². The predicted octanol–water partition coefficient (Wildman–Crippen LogP) is 4.28. The highest BCUT2D eigenvalue weighted by Crippen LogP contribution is 2.31. The lowest BCUT2D eigenvalue weighted by molar-refractivity contribution is -0.0494. The van der Waals surface area contributed by atoms with Crippen LogP contribution in [0.4, 0.5) is 14.5 Å². The molecule has 1 N–H and O–H groups in total. The van der Waals surface area contributed by atoms with Gasteiger partial charge in [-0.05, 0) is 30.9 Å². The maximum atomic E-state index is 12.3. The number of benzene rings is 1. The van der Waals surface area contributed by atoms with Gasteiger partial charge in [-0.1, -0.05) is 31.9 Å². The number of ether oxygens (including phenoxy) is 1. The van der Waals surface area contributed by atoms with Crippen molar-refractivity contribution in [1.82, 2.24) is 0 Å².